The van der Waals surface area contributed by atoms with Gasteiger partial charge in [0.2, 0.25) is 6.41 Å². The van der Waals surface area contributed by atoms with Crippen LogP contribution in [0.5, 0.6) is 0 Å². The lowest BCUT2D eigenvalue weighted by Gasteiger charge is -2.05. The van der Waals surface area contributed by atoms with E-state index >= 15 is 0 Å². The number of anilines is 1. The number of aryl methyl sites for hydroxylation is 2. The van der Waals surface area contributed by atoms with Gasteiger partial charge >= 0.3 is 0 Å². The highest BCUT2D eigenvalue weighted by Crippen LogP contribution is 2.18. The zero-order valence-corrected chi connectivity index (χ0v) is 11.0. The minimum atomic E-state index is 0.674. The molecular weight excluding hydrogens is 250 g/mol. The van der Waals surface area contributed by atoms with Crippen LogP contribution in [-0.4, -0.2) is 16.0 Å². The molecule has 0 aliphatic carbocycles. The number of nitrogens with one attached hydrogen (secondary N) is 1. The number of rotatable bonds is 5. The van der Waals surface area contributed by atoms with Crippen molar-refractivity contribution >= 4 is 23.1 Å². The van der Waals surface area contributed by atoms with Crippen LogP contribution in [-0.2, 0) is 17.8 Å². The van der Waals surface area contributed by atoms with Crippen molar-refractivity contribution < 1.29 is 4.79 Å². The van der Waals surface area contributed by atoms with Crippen LogP contribution in [0.1, 0.15) is 5.56 Å². The SMILES string of the molecule is O=CNc1ccc2c(c1)ncn2CCc1ccccc1. The van der Waals surface area contributed by atoms with Crippen LogP contribution in [0.4, 0.5) is 5.69 Å². The first-order chi connectivity index (χ1) is 9.86. The number of imidazole rings is 1. The second kappa shape index (κ2) is 5.57. The average Bonchev–Trinajstić information content (AvgIpc) is 2.89. The molecule has 100 valence electrons. The molecule has 0 saturated heterocycles. The van der Waals surface area contributed by atoms with Gasteiger partial charge in [-0.15, -0.1) is 0 Å². The maximum atomic E-state index is 10.4. The molecular formula is C16H15N3O. The lowest BCUT2D eigenvalue weighted by atomic mass is 10.1. The number of carbonyl (C=O) groups is 1. The molecule has 4 heteroatoms. The second-order valence-electron chi connectivity index (χ2n) is 4.64. The van der Waals surface area contributed by atoms with Crippen LogP contribution < -0.4 is 5.32 Å². The monoisotopic (exact) mass is 265 g/mol. The number of amides is 1. The highest BCUT2D eigenvalue weighted by molar-refractivity contribution is 5.83. The molecule has 1 aromatic heterocycles. The number of fused-ring (bicyclic) bond motifs is 1. The predicted octanol–water partition coefficient (Wildman–Crippen LogP) is 2.85. The van der Waals surface area contributed by atoms with Crippen molar-refractivity contribution in [1.82, 2.24) is 9.55 Å². The molecule has 0 radical (unpaired) electrons. The quantitative estimate of drug-likeness (QED) is 0.721. The average molecular weight is 265 g/mol. The Morgan fingerprint density at radius 2 is 2.00 bits per heavy atom. The lowest BCUT2D eigenvalue weighted by molar-refractivity contribution is -0.105. The first-order valence-corrected chi connectivity index (χ1v) is 6.56. The van der Waals surface area contributed by atoms with Gasteiger partial charge in [-0.2, -0.15) is 0 Å². The fraction of sp³-hybridized carbons (Fsp3) is 0.125. The maximum Gasteiger partial charge on any atom is 0.211 e. The molecule has 0 fully saturated rings. The second-order valence-corrected chi connectivity index (χ2v) is 4.64. The first kappa shape index (κ1) is 12.4. The van der Waals surface area contributed by atoms with Gasteiger partial charge < -0.3 is 9.88 Å². The van der Waals surface area contributed by atoms with Crippen molar-refractivity contribution in [2.45, 2.75) is 13.0 Å². The molecule has 20 heavy (non-hydrogen) atoms. The summed E-state index contributed by atoms with van der Waals surface area (Å²) < 4.78 is 2.13. The number of hydrogen-bond acceptors (Lipinski definition) is 2. The van der Waals surface area contributed by atoms with E-state index in [1.165, 1.54) is 5.56 Å². The Morgan fingerprint density at radius 3 is 2.80 bits per heavy atom. The normalized spacial score (nSPS) is 10.6. The van der Waals surface area contributed by atoms with Gasteiger partial charge in [-0.3, -0.25) is 4.79 Å². The van der Waals surface area contributed by atoms with E-state index in [0.717, 1.165) is 29.7 Å². The Morgan fingerprint density at radius 1 is 1.15 bits per heavy atom. The largest absolute Gasteiger partial charge is 0.330 e. The Bertz CT molecular complexity index is 719. The lowest BCUT2D eigenvalue weighted by Crippen LogP contribution is -2.00. The third-order valence-electron chi connectivity index (χ3n) is 3.33. The van der Waals surface area contributed by atoms with E-state index in [1.54, 1.807) is 0 Å². The van der Waals surface area contributed by atoms with Crippen molar-refractivity contribution in [2.75, 3.05) is 5.32 Å². The minimum Gasteiger partial charge on any atom is -0.330 e. The summed E-state index contributed by atoms with van der Waals surface area (Å²) in [5.41, 5.74) is 4.05. The number of aromatic nitrogens is 2. The number of hydrogen-bond donors (Lipinski definition) is 1. The van der Waals surface area contributed by atoms with E-state index in [2.05, 4.69) is 39.1 Å². The van der Waals surface area contributed by atoms with Gasteiger partial charge in [0.15, 0.2) is 0 Å². The molecule has 0 bridgehead atoms. The summed E-state index contributed by atoms with van der Waals surface area (Å²) in [6.07, 6.45) is 3.49. The summed E-state index contributed by atoms with van der Waals surface area (Å²) >= 11 is 0. The Balaban J connectivity index is 1.80. The molecule has 0 unspecified atom stereocenters. The molecule has 0 saturated carbocycles. The Labute approximate surface area is 117 Å². The Kier molecular flexibility index (Phi) is 3.46. The van der Waals surface area contributed by atoms with Crippen LogP contribution in [0.2, 0.25) is 0 Å². The molecule has 3 rings (SSSR count). The summed E-state index contributed by atoms with van der Waals surface area (Å²) in [5.74, 6) is 0. The summed E-state index contributed by atoms with van der Waals surface area (Å²) in [5, 5.41) is 2.64. The van der Waals surface area contributed by atoms with Crippen molar-refractivity contribution in [3.63, 3.8) is 0 Å². The fourth-order valence-corrected chi connectivity index (χ4v) is 2.29. The molecule has 0 atom stereocenters. The van der Waals surface area contributed by atoms with Crippen molar-refractivity contribution in [1.29, 1.82) is 0 Å². The summed E-state index contributed by atoms with van der Waals surface area (Å²) in [4.78, 5) is 14.8. The van der Waals surface area contributed by atoms with E-state index in [4.69, 9.17) is 0 Å². The fourth-order valence-electron chi connectivity index (χ4n) is 2.29. The first-order valence-electron chi connectivity index (χ1n) is 6.56. The predicted molar refractivity (Wildman–Crippen MR) is 79.6 cm³/mol. The van der Waals surface area contributed by atoms with Gasteiger partial charge in [0.05, 0.1) is 17.4 Å². The van der Waals surface area contributed by atoms with Crippen LogP contribution in [0.3, 0.4) is 0 Å². The summed E-state index contributed by atoms with van der Waals surface area (Å²) in [7, 11) is 0. The molecule has 2 aromatic carbocycles. The highest BCUT2D eigenvalue weighted by Gasteiger charge is 2.03. The zero-order chi connectivity index (χ0) is 13.8. The van der Waals surface area contributed by atoms with Gasteiger partial charge in [0.1, 0.15) is 0 Å². The molecule has 1 heterocycles. The molecule has 0 aliphatic heterocycles. The van der Waals surface area contributed by atoms with Gasteiger partial charge in [0, 0.05) is 12.2 Å². The summed E-state index contributed by atoms with van der Waals surface area (Å²) in [6.45, 7) is 0.890. The van der Waals surface area contributed by atoms with E-state index in [9.17, 15) is 4.79 Å². The van der Waals surface area contributed by atoms with Gasteiger partial charge in [0.25, 0.3) is 0 Å². The highest BCUT2D eigenvalue weighted by atomic mass is 16.1. The summed E-state index contributed by atoms with van der Waals surface area (Å²) in [6, 6.07) is 16.1. The Hall–Kier alpha value is -2.62. The van der Waals surface area contributed by atoms with Gasteiger partial charge in [-0.05, 0) is 30.2 Å². The van der Waals surface area contributed by atoms with E-state index in [1.807, 2.05) is 30.6 Å². The molecule has 0 spiro atoms. The van der Waals surface area contributed by atoms with Crippen molar-refractivity contribution in [3.8, 4) is 0 Å². The van der Waals surface area contributed by atoms with Crippen LogP contribution in [0, 0.1) is 0 Å². The van der Waals surface area contributed by atoms with Crippen molar-refractivity contribution in [2.24, 2.45) is 0 Å². The molecule has 0 aliphatic rings. The van der Waals surface area contributed by atoms with Crippen LogP contribution in [0.15, 0.2) is 54.9 Å². The maximum absolute atomic E-state index is 10.4. The van der Waals surface area contributed by atoms with Gasteiger partial charge in [-0.1, -0.05) is 30.3 Å². The van der Waals surface area contributed by atoms with E-state index in [0.29, 0.717) is 6.41 Å². The van der Waals surface area contributed by atoms with E-state index in [-0.39, 0.29) is 0 Å². The minimum absolute atomic E-state index is 0.674. The molecule has 1 N–H and O–H groups in total. The topological polar surface area (TPSA) is 46.9 Å². The number of nitrogens with zero attached hydrogens (tertiary/aromatic N) is 2. The smallest absolute Gasteiger partial charge is 0.211 e. The van der Waals surface area contributed by atoms with Crippen molar-refractivity contribution in [3.05, 3.63) is 60.4 Å². The number of benzene rings is 2. The van der Waals surface area contributed by atoms with Crippen LogP contribution in [0.25, 0.3) is 11.0 Å². The van der Waals surface area contributed by atoms with Crippen LogP contribution >= 0.6 is 0 Å². The molecule has 1 amide bonds. The standard InChI is InChI=1S/C16H15N3O/c20-12-18-14-6-7-16-15(10-14)17-11-19(16)9-8-13-4-2-1-3-5-13/h1-7,10-12H,8-9H2,(H,18,20). The zero-order valence-electron chi connectivity index (χ0n) is 11.0. The third-order valence-corrected chi connectivity index (χ3v) is 3.33. The molecule has 4 nitrogen and oxygen atoms in total. The van der Waals surface area contributed by atoms with Gasteiger partial charge in [-0.25, -0.2) is 4.98 Å². The van der Waals surface area contributed by atoms with E-state index < -0.39 is 0 Å². The number of carbonyl (C=O) groups excluding carboxylic acids is 1. The molecule has 3 aromatic rings. The third kappa shape index (κ3) is 2.54.